The maximum atomic E-state index is 12.4. The summed E-state index contributed by atoms with van der Waals surface area (Å²) >= 11 is 0. The number of carbonyl (C=O) groups excluding carboxylic acids is 2. The largest absolute Gasteiger partial charge is 0.338 e. The lowest BCUT2D eigenvalue weighted by Crippen LogP contribution is -2.59. The summed E-state index contributed by atoms with van der Waals surface area (Å²) < 4.78 is 0. The first-order chi connectivity index (χ1) is 9.07. The zero-order valence-corrected chi connectivity index (χ0v) is 11.7. The van der Waals surface area contributed by atoms with Crippen LogP contribution in [-0.2, 0) is 4.79 Å². The van der Waals surface area contributed by atoms with E-state index in [0.717, 1.165) is 25.7 Å². The van der Waals surface area contributed by atoms with Crippen LogP contribution in [0.1, 0.15) is 32.6 Å². The molecule has 0 radical (unpaired) electrons. The summed E-state index contributed by atoms with van der Waals surface area (Å²) in [5.41, 5.74) is 5.55. The van der Waals surface area contributed by atoms with Crippen molar-refractivity contribution in [2.24, 2.45) is 5.73 Å². The fourth-order valence-electron chi connectivity index (χ4n) is 2.91. The Hall–Kier alpha value is -1.30. The van der Waals surface area contributed by atoms with E-state index in [-0.39, 0.29) is 11.9 Å². The van der Waals surface area contributed by atoms with E-state index >= 15 is 0 Å². The molecule has 2 fully saturated rings. The Morgan fingerprint density at radius 3 is 2.16 bits per heavy atom. The molecule has 3 N–H and O–H groups in total. The van der Waals surface area contributed by atoms with Gasteiger partial charge in [0, 0.05) is 32.7 Å². The topological polar surface area (TPSA) is 78.7 Å². The number of hydrogen-bond acceptors (Lipinski definition) is 3. The molecule has 1 saturated carbocycles. The molecule has 0 bridgehead atoms. The Kier molecular flexibility index (Phi) is 4.29. The van der Waals surface area contributed by atoms with E-state index < -0.39 is 5.54 Å². The summed E-state index contributed by atoms with van der Waals surface area (Å²) in [6.45, 7) is 4.89. The van der Waals surface area contributed by atoms with Gasteiger partial charge in [-0.3, -0.25) is 4.79 Å². The van der Waals surface area contributed by atoms with Crippen LogP contribution in [0.25, 0.3) is 0 Å². The first-order valence-corrected chi connectivity index (χ1v) is 7.18. The molecule has 1 aliphatic carbocycles. The van der Waals surface area contributed by atoms with Gasteiger partial charge in [0.25, 0.3) is 0 Å². The lowest BCUT2D eigenvalue weighted by molar-refractivity contribution is -0.138. The van der Waals surface area contributed by atoms with E-state index in [1.165, 1.54) is 0 Å². The van der Waals surface area contributed by atoms with Gasteiger partial charge in [-0.25, -0.2) is 4.79 Å². The van der Waals surface area contributed by atoms with Crippen molar-refractivity contribution >= 4 is 11.9 Å². The third-order valence-corrected chi connectivity index (χ3v) is 4.10. The second-order valence-electron chi connectivity index (χ2n) is 5.48. The lowest BCUT2D eigenvalue weighted by atomic mass is 9.97. The van der Waals surface area contributed by atoms with Gasteiger partial charge in [0.05, 0.1) is 5.54 Å². The fourth-order valence-corrected chi connectivity index (χ4v) is 2.91. The Morgan fingerprint density at radius 1 is 1.11 bits per heavy atom. The lowest BCUT2D eigenvalue weighted by Gasteiger charge is -2.38. The van der Waals surface area contributed by atoms with Crippen molar-refractivity contribution < 1.29 is 9.59 Å². The molecule has 2 aliphatic rings. The van der Waals surface area contributed by atoms with E-state index in [0.29, 0.717) is 32.7 Å². The SMILES string of the molecule is CCNC(=O)N1CCN(C(=O)C2(N)CCCC2)CC1. The molecule has 3 amide bonds. The van der Waals surface area contributed by atoms with Gasteiger partial charge in [0.2, 0.25) is 5.91 Å². The van der Waals surface area contributed by atoms with E-state index in [4.69, 9.17) is 5.73 Å². The van der Waals surface area contributed by atoms with Gasteiger partial charge in [0.1, 0.15) is 0 Å². The number of nitrogens with zero attached hydrogens (tertiary/aromatic N) is 2. The van der Waals surface area contributed by atoms with Crippen molar-refractivity contribution in [2.45, 2.75) is 38.1 Å². The first-order valence-electron chi connectivity index (χ1n) is 7.18. The highest BCUT2D eigenvalue weighted by Gasteiger charge is 2.40. The Morgan fingerprint density at radius 2 is 1.63 bits per heavy atom. The number of amides is 3. The van der Waals surface area contributed by atoms with Gasteiger partial charge in [0.15, 0.2) is 0 Å². The molecule has 2 rings (SSSR count). The molecular weight excluding hydrogens is 244 g/mol. The van der Waals surface area contributed by atoms with Gasteiger partial charge in [-0.2, -0.15) is 0 Å². The van der Waals surface area contributed by atoms with Crippen LogP contribution in [0.2, 0.25) is 0 Å². The maximum Gasteiger partial charge on any atom is 0.317 e. The number of rotatable bonds is 2. The molecule has 6 heteroatoms. The summed E-state index contributed by atoms with van der Waals surface area (Å²) in [5.74, 6) is 0.0700. The van der Waals surface area contributed by atoms with Crippen LogP contribution in [0, 0.1) is 0 Å². The van der Waals surface area contributed by atoms with Crippen molar-refractivity contribution in [1.29, 1.82) is 0 Å². The number of nitrogens with one attached hydrogen (secondary N) is 1. The third-order valence-electron chi connectivity index (χ3n) is 4.10. The molecule has 0 aromatic rings. The molecule has 0 spiro atoms. The molecule has 6 nitrogen and oxygen atoms in total. The molecular formula is C13H24N4O2. The van der Waals surface area contributed by atoms with Crippen LogP contribution in [-0.4, -0.2) is 60.0 Å². The molecule has 1 saturated heterocycles. The van der Waals surface area contributed by atoms with Gasteiger partial charge >= 0.3 is 6.03 Å². The molecule has 1 aliphatic heterocycles. The van der Waals surface area contributed by atoms with Gasteiger partial charge in [-0.05, 0) is 19.8 Å². The van der Waals surface area contributed by atoms with Crippen molar-refractivity contribution in [3.63, 3.8) is 0 Å². The van der Waals surface area contributed by atoms with Crippen LogP contribution < -0.4 is 11.1 Å². The molecule has 108 valence electrons. The number of hydrogen-bond donors (Lipinski definition) is 2. The Labute approximate surface area is 114 Å². The van der Waals surface area contributed by atoms with E-state index in [9.17, 15) is 9.59 Å². The summed E-state index contributed by atoms with van der Waals surface area (Å²) in [7, 11) is 0. The number of nitrogens with two attached hydrogens (primary N) is 1. The monoisotopic (exact) mass is 268 g/mol. The van der Waals surface area contributed by atoms with Gasteiger partial charge in [-0.15, -0.1) is 0 Å². The smallest absolute Gasteiger partial charge is 0.317 e. The standard InChI is InChI=1S/C13H24N4O2/c1-2-15-12(19)17-9-7-16(8-10-17)11(18)13(14)5-3-4-6-13/h2-10,14H2,1H3,(H,15,19). The second-order valence-corrected chi connectivity index (χ2v) is 5.48. The zero-order chi connectivity index (χ0) is 13.9. The number of urea groups is 1. The van der Waals surface area contributed by atoms with Gasteiger partial charge < -0.3 is 20.9 Å². The summed E-state index contributed by atoms with van der Waals surface area (Å²) in [6.07, 6.45) is 3.67. The summed E-state index contributed by atoms with van der Waals surface area (Å²) in [5, 5.41) is 2.78. The van der Waals surface area contributed by atoms with E-state index in [2.05, 4.69) is 5.32 Å². The number of piperazine rings is 1. The van der Waals surface area contributed by atoms with Crippen molar-refractivity contribution in [2.75, 3.05) is 32.7 Å². The molecule has 0 unspecified atom stereocenters. The van der Waals surface area contributed by atoms with E-state index in [1.54, 1.807) is 4.90 Å². The normalized spacial score (nSPS) is 22.4. The van der Waals surface area contributed by atoms with Crippen LogP contribution in [0.15, 0.2) is 0 Å². The van der Waals surface area contributed by atoms with Crippen LogP contribution in [0.5, 0.6) is 0 Å². The average Bonchev–Trinajstić information content (AvgIpc) is 2.86. The van der Waals surface area contributed by atoms with Crippen molar-refractivity contribution in [1.82, 2.24) is 15.1 Å². The minimum atomic E-state index is -0.645. The number of carbonyl (C=O) groups is 2. The predicted molar refractivity (Wildman–Crippen MR) is 72.6 cm³/mol. The van der Waals surface area contributed by atoms with Gasteiger partial charge in [-0.1, -0.05) is 12.8 Å². The molecule has 1 heterocycles. The quantitative estimate of drug-likeness (QED) is 0.747. The highest BCUT2D eigenvalue weighted by Crippen LogP contribution is 2.29. The molecule has 0 aromatic heterocycles. The second kappa shape index (κ2) is 5.77. The average molecular weight is 268 g/mol. The fraction of sp³-hybridized carbons (Fsp3) is 0.846. The highest BCUT2D eigenvalue weighted by atomic mass is 16.2. The summed E-state index contributed by atoms with van der Waals surface area (Å²) in [6, 6.07) is -0.0436. The predicted octanol–water partition coefficient (Wildman–Crippen LogP) is 0.132. The Bertz CT molecular complexity index is 345. The third kappa shape index (κ3) is 3.00. The minimum Gasteiger partial charge on any atom is -0.338 e. The van der Waals surface area contributed by atoms with Crippen LogP contribution in [0.3, 0.4) is 0 Å². The van der Waals surface area contributed by atoms with Crippen molar-refractivity contribution in [3.05, 3.63) is 0 Å². The zero-order valence-electron chi connectivity index (χ0n) is 11.7. The minimum absolute atomic E-state index is 0.0436. The molecule has 0 atom stereocenters. The van der Waals surface area contributed by atoms with Crippen molar-refractivity contribution in [3.8, 4) is 0 Å². The maximum absolute atomic E-state index is 12.4. The highest BCUT2D eigenvalue weighted by molar-refractivity contribution is 5.86. The molecule has 19 heavy (non-hydrogen) atoms. The first kappa shape index (κ1) is 14.1. The summed E-state index contributed by atoms with van der Waals surface area (Å²) in [4.78, 5) is 27.7. The van der Waals surface area contributed by atoms with E-state index in [1.807, 2.05) is 11.8 Å². The Balaban J connectivity index is 1.86. The van der Waals surface area contributed by atoms with Crippen LogP contribution >= 0.6 is 0 Å². The molecule has 0 aromatic carbocycles. The van der Waals surface area contributed by atoms with Crippen LogP contribution in [0.4, 0.5) is 4.79 Å².